The van der Waals surface area contributed by atoms with Crippen molar-refractivity contribution in [3.05, 3.63) is 29.3 Å². The maximum atomic E-state index is 12.4. The van der Waals surface area contributed by atoms with Crippen LogP contribution in [0, 0.1) is 17.2 Å². The van der Waals surface area contributed by atoms with E-state index in [2.05, 4.69) is 12.2 Å². The van der Waals surface area contributed by atoms with Gasteiger partial charge in [0, 0.05) is 6.04 Å². The smallest absolute Gasteiger partial charge is 0.262 e. The van der Waals surface area contributed by atoms with Crippen molar-refractivity contribution in [2.45, 2.75) is 38.6 Å². The van der Waals surface area contributed by atoms with Gasteiger partial charge in [-0.15, -0.1) is 0 Å². The Morgan fingerprint density at radius 2 is 2.00 bits per heavy atom. The lowest BCUT2D eigenvalue weighted by Crippen LogP contribution is -2.41. The standard InChI is InChI=1S/C19H22N2O3/c1-13-4-2-3-5-16(13)21-19(22)15(12-20)10-14-6-7-17-18(11-14)24-9-8-23-17/h6-7,10-11,13,16H,2-5,8-9H2,1H3,(H,21,22)/b15-10+/t13-,16+/m0/s1. The van der Waals surface area contributed by atoms with Gasteiger partial charge in [-0.2, -0.15) is 5.26 Å². The van der Waals surface area contributed by atoms with E-state index in [1.807, 2.05) is 12.1 Å². The number of carbonyl (C=O) groups excluding carboxylic acids is 1. The van der Waals surface area contributed by atoms with Gasteiger partial charge in [0.25, 0.3) is 5.91 Å². The summed E-state index contributed by atoms with van der Waals surface area (Å²) in [5.74, 6) is 1.49. The summed E-state index contributed by atoms with van der Waals surface area (Å²) in [4.78, 5) is 12.4. The number of nitrogens with one attached hydrogen (secondary N) is 1. The molecule has 0 unspecified atom stereocenters. The number of hydrogen-bond acceptors (Lipinski definition) is 4. The summed E-state index contributed by atoms with van der Waals surface area (Å²) in [6.45, 7) is 3.19. The third-order valence-electron chi connectivity index (χ3n) is 4.67. The highest BCUT2D eigenvalue weighted by atomic mass is 16.6. The molecule has 1 aliphatic carbocycles. The minimum Gasteiger partial charge on any atom is -0.486 e. The number of nitrogens with zero attached hydrogens (tertiary/aromatic N) is 1. The van der Waals surface area contributed by atoms with Gasteiger partial charge in [0.05, 0.1) is 0 Å². The highest BCUT2D eigenvalue weighted by Crippen LogP contribution is 2.31. The molecule has 24 heavy (non-hydrogen) atoms. The van der Waals surface area contributed by atoms with Crippen molar-refractivity contribution in [2.75, 3.05) is 13.2 Å². The molecule has 0 saturated heterocycles. The Morgan fingerprint density at radius 3 is 2.75 bits per heavy atom. The maximum Gasteiger partial charge on any atom is 0.262 e. The van der Waals surface area contributed by atoms with E-state index in [0.717, 1.165) is 24.8 Å². The number of fused-ring (bicyclic) bond motifs is 1. The molecular weight excluding hydrogens is 304 g/mol. The van der Waals surface area contributed by atoms with Crippen LogP contribution >= 0.6 is 0 Å². The van der Waals surface area contributed by atoms with Crippen molar-refractivity contribution in [1.82, 2.24) is 5.32 Å². The molecule has 0 bridgehead atoms. The van der Waals surface area contributed by atoms with Gasteiger partial charge in [0.15, 0.2) is 11.5 Å². The average molecular weight is 326 g/mol. The van der Waals surface area contributed by atoms with Gasteiger partial charge in [-0.05, 0) is 42.5 Å². The van der Waals surface area contributed by atoms with Crippen molar-refractivity contribution >= 4 is 12.0 Å². The molecule has 5 nitrogen and oxygen atoms in total. The zero-order valence-electron chi connectivity index (χ0n) is 13.9. The molecule has 0 aromatic heterocycles. The highest BCUT2D eigenvalue weighted by molar-refractivity contribution is 6.01. The highest BCUT2D eigenvalue weighted by Gasteiger charge is 2.24. The molecule has 1 N–H and O–H groups in total. The summed E-state index contributed by atoms with van der Waals surface area (Å²) >= 11 is 0. The summed E-state index contributed by atoms with van der Waals surface area (Å²) in [5, 5.41) is 12.4. The Balaban J connectivity index is 1.74. The zero-order chi connectivity index (χ0) is 16.9. The van der Waals surface area contributed by atoms with Crippen molar-refractivity contribution in [3.63, 3.8) is 0 Å². The normalized spacial score (nSPS) is 23.2. The molecule has 1 aliphatic heterocycles. The van der Waals surface area contributed by atoms with Crippen molar-refractivity contribution < 1.29 is 14.3 Å². The maximum absolute atomic E-state index is 12.4. The zero-order valence-corrected chi connectivity index (χ0v) is 13.9. The lowest BCUT2D eigenvalue weighted by molar-refractivity contribution is -0.118. The first-order valence-corrected chi connectivity index (χ1v) is 8.49. The van der Waals surface area contributed by atoms with E-state index in [1.54, 1.807) is 18.2 Å². The SMILES string of the molecule is C[C@H]1CCCC[C@H]1NC(=O)/C(C#N)=C/c1ccc2c(c1)OCCO2. The minimum absolute atomic E-state index is 0.115. The number of hydrogen-bond donors (Lipinski definition) is 1. The van der Waals surface area contributed by atoms with Crippen LogP contribution < -0.4 is 14.8 Å². The fourth-order valence-electron chi connectivity index (χ4n) is 3.24. The molecule has 2 aliphatic rings. The molecule has 1 fully saturated rings. The van der Waals surface area contributed by atoms with Gasteiger partial charge in [0.1, 0.15) is 24.9 Å². The van der Waals surface area contributed by atoms with Gasteiger partial charge in [0.2, 0.25) is 0 Å². The Bertz CT molecular complexity index is 690. The second-order valence-electron chi connectivity index (χ2n) is 6.41. The number of amides is 1. The Hall–Kier alpha value is -2.48. The number of nitriles is 1. The van der Waals surface area contributed by atoms with Gasteiger partial charge in [-0.3, -0.25) is 4.79 Å². The molecule has 126 valence electrons. The second-order valence-corrected chi connectivity index (χ2v) is 6.41. The van der Waals surface area contributed by atoms with Crippen LogP contribution in [0.5, 0.6) is 11.5 Å². The first-order chi connectivity index (χ1) is 11.7. The lowest BCUT2D eigenvalue weighted by atomic mass is 9.86. The second kappa shape index (κ2) is 7.39. The van der Waals surface area contributed by atoms with Crippen molar-refractivity contribution in [1.29, 1.82) is 5.26 Å². The Morgan fingerprint density at radius 1 is 1.25 bits per heavy atom. The molecule has 0 radical (unpaired) electrons. The molecule has 3 rings (SSSR count). The first-order valence-electron chi connectivity index (χ1n) is 8.49. The summed E-state index contributed by atoms with van der Waals surface area (Å²) < 4.78 is 11.0. The summed E-state index contributed by atoms with van der Waals surface area (Å²) in [7, 11) is 0. The average Bonchev–Trinajstić information content (AvgIpc) is 2.61. The fourth-order valence-corrected chi connectivity index (χ4v) is 3.24. The van der Waals surface area contributed by atoms with Crippen molar-refractivity contribution in [2.24, 2.45) is 5.92 Å². The third kappa shape index (κ3) is 3.70. The quantitative estimate of drug-likeness (QED) is 0.684. The topological polar surface area (TPSA) is 71.4 Å². The van der Waals surface area contributed by atoms with Crippen LogP contribution in [0.1, 0.15) is 38.2 Å². The molecule has 1 aromatic rings. The molecule has 1 heterocycles. The number of ether oxygens (including phenoxy) is 2. The Labute approximate surface area is 142 Å². The van der Waals surface area contributed by atoms with E-state index in [9.17, 15) is 10.1 Å². The van der Waals surface area contributed by atoms with Crippen LogP contribution in [0.4, 0.5) is 0 Å². The van der Waals surface area contributed by atoms with Crippen LogP contribution in [0.25, 0.3) is 6.08 Å². The molecule has 1 aromatic carbocycles. The predicted molar refractivity (Wildman–Crippen MR) is 90.6 cm³/mol. The van der Waals surface area contributed by atoms with E-state index in [1.165, 1.54) is 6.42 Å². The Kier molecular flexibility index (Phi) is 5.05. The molecule has 0 spiro atoms. The largest absolute Gasteiger partial charge is 0.486 e. The molecular formula is C19H22N2O3. The number of benzene rings is 1. The van der Waals surface area contributed by atoms with Crippen LogP contribution in [-0.4, -0.2) is 25.2 Å². The van der Waals surface area contributed by atoms with E-state index in [-0.39, 0.29) is 17.5 Å². The van der Waals surface area contributed by atoms with E-state index >= 15 is 0 Å². The van der Waals surface area contributed by atoms with Gasteiger partial charge < -0.3 is 14.8 Å². The summed E-state index contributed by atoms with van der Waals surface area (Å²) in [6, 6.07) is 7.58. The van der Waals surface area contributed by atoms with Crippen LogP contribution in [0.2, 0.25) is 0 Å². The van der Waals surface area contributed by atoms with Gasteiger partial charge >= 0.3 is 0 Å². The summed E-state index contributed by atoms with van der Waals surface area (Å²) in [6.07, 6.45) is 6.05. The number of carbonyl (C=O) groups is 1. The van der Waals surface area contributed by atoms with Crippen LogP contribution in [0.3, 0.4) is 0 Å². The minimum atomic E-state index is -0.300. The third-order valence-corrected chi connectivity index (χ3v) is 4.67. The van der Waals surface area contributed by atoms with E-state index in [0.29, 0.717) is 30.6 Å². The molecule has 1 saturated carbocycles. The molecule has 1 amide bonds. The molecule has 2 atom stereocenters. The van der Waals surface area contributed by atoms with Crippen LogP contribution in [0.15, 0.2) is 23.8 Å². The van der Waals surface area contributed by atoms with Gasteiger partial charge in [-0.1, -0.05) is 25.8 Å². The fraction of sp³-hybridized carbons (Fsp3) is 0.474. The number of rotatable bonds is 3. The first kappa shape index (κ1) is 16.4. The van der Waals surface area contributed by atoms with Crippen molar-refractivity contribution in [3.8, 4) is 17.6 Å². The predicted octanol–water partition coefficient (Wildman–Crippen LogP) is 3.06. The monoisotopic (exact) mass is 326 g/mol. The van der Waals surface area contributed by atoms with Gasteiger partial charge in [-0.25, -0.2) is 0 Å². The van der Waals surface area contributed by atoms with E-state index in [4.69, 9.17) is 9.47 Å². The van der Waals surface area contributed by atoms with E-state index < -0.39 is 0 Å². The molecule has 5 heteroatoms. The summed E-state index contributed by atoms with van der Waals surface area (Å²) in [5.41, 5.74) is 0.868. The lowest BCUT2D eigenvalue weighted by Gasteiger charge is -2.29. The van der Waals surface area contributed by atoms with Crippen LogP contribution in [-0.2, 0) is 4.79 Å².